The van der Waals surface area contributed by atoms with Gasteiger partial charge in [0.1, 0.15) is 0 Å². The van der Waals surface area contributed by atoms with Crippen LogP contribution < -0.4 is 5.43 Å². The number of aliphatic carboxylic acids is 1. The van der Waals surface area contributed by atoms with Gasteiger partial charge in [0, 0.05) is 23.2 Å². The van der Waals surface area contributed by atoms with Gasteiger partial charge in [-0.05, 0) is 26.0 Å². The van der Waals surface area contributed by atoms with Crippen LogP contribution in [0.2, 0.25) is 0 Å². The van der Waals surface area contributed by atoms with Crippen molar-refractivity contribution in [1.82, 2.24) is 4.57 Å². The topological polar surface area (TPSA) is 59.3 Å². The Hall–Kier alpha value is -2.10. The summed E-state index contributed by atoms with van der Waals surface area (Å²) in [6.07, 6.45) is -0.227. The molecule has 1 aromatic carbocycles. The average Bonchev–Trinajstić information content (AvgIpc) is 2.35. The number of hydrogen-bond donors (Lipinski definition) is 1. The molecule has 4 heteroatoms. The number of carboxylic acid groups (broad SMARTS) is 1. The van der Waals surface area contributed by atoms with E-state index in [0.717, 1.165) is 11.2 Å². The number of fused-ring (bicyclic) bond motifs is 1. The number of carbonyl (C=O) groups is 1. The summed E-state index contributed by atoms with van der Waals surface area (Å²) in [7, 11) is 0. The van der Waals surface area contributed by atoms with Gasteiger partial charge < -0.3 is 9.67 Å². The molecule has 0 bridgehead atoms. The number of nitrogens with zero attached hydrogens (tertiary/aromatic N) is 1. The molecule has 1 N–H and O–H groups in total. The normalized spacial score (nSPS) is 10.8. The molecule has 0 atom stereocenters. The predicted octanol–water partition coefficient (Wildman–Crippen LogP) is 1.96. The second-order valence-electron chi connectivity index (χ2n) is 4.23. The summed E-state index contributed by atoms with van der Waals surface area (Å²) < 4.78 is 1.98. The molecule has 0 aliphatic heterocycles. The lowest BCUT2D eigenvalue weighted by Gasteiger charge is -2.15. The minimum absolute atomic E-state index is 0.171. The molecule has 1 aromatic heterocycles. The molecule has 0 spiro atoms. The van der Waals surface area contributed by atoms with Crippen LogP contribution in [0, 0.1) is 6.92 Å². The molecule has 94 valence electrons. The van der Waals surface area contributed by atoms with Gasteiger partial charge in [0.25, 0.3) is 0 Å². The molecule has 2 aromatic rings. The highest BCUT2D eigenvalue weighted by molar-refractivity contribution is 5.81. The molecule has 0 fully saturated rings. The number of aryl methyl sites for hydroxylation is 1. The van der Waals surface area contributed by atoms with Gasteiger partial charge in [-0.2, -0.15) is 0 Å². The van der Waals surface area contributed by atoms with Crippen LogP contribution in [-0.4, -0.2) is 15.6 Å². The van der Waals surface area contributed by atoms with Gasteiger partial charge in [0.2, 0.25) is 0 Å². The number of para-hydroxylation sites is 1. The summed E-state index contributed by atoms with van der Waals surface area (Å²) in [5, 5.41) is 9.49. The maximum absolute atomic E-state index is 12.3. The fourth-order valence-corrected chi connectivity index (χ4v) is 2.34. The van der Waals surface area contributed by atoms with Crippen LogP contribution in [0.3, 0.4) is 0 Å². The second kappa shape index (κ2) is 4.64. The Bertz CT molecular complexity index is 671. The van der Waals surface area contributed by atoms with E-state index in [1.165, 1.54) is 0 Å². The zero-order valence-electron chi connectivity index (χ0n) is 10.4. The van der Waals surface area contributed by atoms with Gasteiger partial charge in [-0.15, -0.1) is 0 Å². The lowest BCUT2D eigenvalue weighted by molar-refractivity contribution is -0.136. The Balaban J connectivity index is 2.88. The first-order valence-electron chi connectivity index (χ1n) is 5.89. The van der Waals surface area contributed by atoms with E-state index < -0.39 is 5.97 Å². The van der Waals surface area contributed by atoms with Crippen LogP contribution in [0.1, 0.15) is 18.2 Å². The van der Waals surface area contributed by atoms with E-state index in [0.29, 0.717) is 17.5 Å². The van der Waals surface area contributed by atoms with Crippen LogP contribution in [-0.2, 0) is 17.8 Å². The third-order valence-corrected chi connectivity index (χ3v) is 3.20. The van der Waals surface area contributed by atoms with Crippen LogP contribution in [0.4, 0.5) is 0 Å². The monoisotopic (exact) mass is 245 g/mol. The SMILES string of the molecule is CCn1c(C)c(CC(=O)O)c(=O)c2ccccc21. The van der Waals surface area contributed by atoms with Crippen molar-refractivity contribution in [3.05, 3.63) is 45.7 Å². The molecule has 0 saturated carbocycles. The number of carboxylic acids is 1. The van der Waals surface area contributed by atoms with E-state index >= 15 is 0 Å². The highest BCUT2D eigenvalue weighted by atomic mass is 16.4. The largest absolute Gasteiger partial charge is 0.481 e. The Morgan fingerprint density at radius 1 is 1.33 bits per heavy atom. The van der Waals surface area contributed by atoms with Crippen molar-refractivity contribution in [2.75, 3.05) is 0 Å². The maximum Gasteiger partial charge on any atom is 0.308 e. The molecular weight excluding hydrogens is 230 g/mol. The quantitative estimate of drug-likeness (QED) is 0.899. The summed E-state index contributed by atoms with van der Waals surface area (Å²) in [4.78, 5) is 23.1. The van der Waals surface area contributed by atoms with E-state index in [2.05, 4.69) is 0 Å². The van der Waals surface area contributed by atoms with E-state index in [-0.39, 0.29) is 11.8 Å². The minimum atomic E-state index is -0.979. The van der Waals surface area contributed by atoms with Gasteiger partial charge >= 0.3 is 5.97 Å². The molecule has 0 unspecified atom stereocenters. The van der Waals surface area contributed by atoms with Crippen LogP contribution in [0.25, 0.3) is 10.9 Å². The van der Waals surface area contributed by atoms with Gasteiger partial charge in [0.05, 0.1) is 11.9 Å². The summed E-state index contributed by atoms with van der Waals surface area (Å²) in [6.45, 7) is 4.49. The number of rotatable bonds is 3. The predicted molar refractivity (Wildman–Crippen MR) is 70.0 cm³/mol. The van der Waals surface area contributed by atoms with Crippen LogP contribution >= 0.6 is 0 Å². The third-order valence-electron chi connectivity index (χ3n) is 3.20. The maximum atomic E-state index is 12.3. The molecule has 0 saturated heterocycles. The van der Waals surface area contributed by atoms with Gasteiger partial charge in [-0.1, -0.05) is 12.1 Å². The molecule has 1 heterocycles. The molecule has 0 amide bonds. The number of hydrogen-bond acceptors (Lipinski definition) is 2. The van der Waals surface area contributed by atoms with E-state index in [9.17, 15) is 9.59 Å². The molecule has 18 heavy (non-hydrogen) atoms. The average molecular weight is 245 g/mol. The highest BCUT2D eigenvalue weighted by Gasteiger charge is 2.15. The number of aromatic nitrogens is 1. The van der Waals surface area contributed by atoms with Gasteiger partial charge in [-0.3, -0.25) is 9.59 Å². The third kappa shape index (κ3) is 1.90. The van der Waals surface area contributed by atoms with Crippen molar-refractivity contribution in [3.8, 4) is 0 Å². The summed E-state index contributed by atoms with van der Waals surface area (Å²) in [5.41, 5.74) is 1.80. The van der Waals surface area contributed by atoms with Crippen molar-refractivity contribution in [3.63, 3.8) is 0 Å². The van der Waals surface area contributed by atoms with Gasteiger partial charge in [0.15, 0.2) is 5.43 Å². The first kappa shape index (κ1) is 12.4. The smallest absolute Gasteiger partial charge is 0.308 e. The zero-order valence-corrected chi connectivity index (χ0v) is 10.4. The molecular formula is C14H15NO3. The molecule has 4 nitrogen and oxygen atoms in total. The number of benzene rings is 1. The lowest BCUT2D eigenvalue weighted by Crippen LogP contribution is -2.21. The zero-order chi connectivity index (χ0) is 13.3. The summed E-state index contributed by atoms with van der Waals surface area (Å²) >= 11 is 0. The first-order valence-corrected chi connectivity index (χ1v) is 5.89. The highest BCUT2D eigenvalue weighted by Crippen LogP contribution is 2.16. The summed E-state index contributed by atoms with van der Waals surface area (Å²) in [5.74, 6) is -0.979. The molecule has 0 aliphatic rings. The van der Waals surface area contributed by atoms with E-state index in [4.69, 9.17) is 5.11 Å². The van der Waals surface area contributed by atoms with Crippen molar-refractivity contribution >= 4 is 16.9 Å². The second-order valence-corrected chi connectivity index (χ2v) is 4.23. The van der Waals surface area contributed by atoms with Crippen molar-refractivity contribution in [1.29, 1.82) is 0 Å². The van der Waals surface area contributed by atoms with Crippen molar-refractivity contribution in [2.45, 2.75) is 26.8 Å². The molecule has 0 radical (unpaired) electrons. The standard InChI is InChI=1S/C14H15NO3/c1-3-15-9(2)11(8-13(16)17)14(18)10-6-4-5-7-12(10)15/h4-7H,3,8H2,1-2H3,(H,16,17). The van der Waals surface area contributed by atoms with Crippen molar-refractivity contribution < 1.29 is 9.90 Å². The molecule has 0 aliphatic carbocycles. The fourth-order valence-electron chi connectivity index (χ4n) is 2.34. The van der Waals surface area contributed by atoms with Gasteiger partial charge in [-0.25, -0.2) is 0 Å². The minimum Gasteiger partial charge on any atom is -0.481 e. The first-order chi connectivity index (χ1) is 8.56. The summed E-state index contributed by atoms with van der Waals surface area (Å²) in [6, 6.07) is 7.31. The van der Waals surface area contributed by atoms with Crippen molar-refractivity contribution in [2.24, 2.45) is 0 Å². The van der Waals surface area contributed by atoms with Crippen LogP contribution in [0.5, 0.6) is 0 Å². The van der Waals surface area contributed by atoms with Crippen LogP contribution in [0.15, 0.2) is 29.1 Å². The Labute approximate surface area is 104 Å². The molecule has 2 rings (SSSR count). The van der Waals surface area contributed by atoms with E-state index in [1.54, 1.807) is 19.1 Å². The Kier molecular flexibility index (Phi) is 3.19. The Morgan fingerprint density at radius 3 is 2.61 bits per heavy atom. The lowest BCUT2D eigenvalue weighted by atomic mass is 10.1. The fraction of sp³-hybridized carbons (Fsp3) is 0.286. The van der Waals surface area contributed by atoms with E-state index in [1.807, 2.05) is 23.6 Å². The number of pyridine rings is 1. The Morgan fingerprint density at radius 2 is 2.00 bits per heavy atom.